The van der Waals surface area contributed by atoms with Crippen LogP contribution in [-0.2, 0) is 4.79 Å². The Morgan fingerprint density at radius 2 is 1.83 bits per heavy atom. The number of amides is 1. The number of alkyl halides is 3. The van der Waals surface area contributed by atoms with Gasteiger partial charge in [-0.05, 0) is 68.3 Å². The van der Waals surface area contributed by atoms with Crippen molar-refractivity contribution in [3.05, 3.63) is 83.7 Å². The summed E-state index contributed by atoms with van der Waals surface area (Å²) >= 11 is 0. The van der Waals surface area contributed by atoms with Gasteiger partial charge in [-0.1, -0.05) is 24.3 Å². The van der Waals surface area contributed by atoms with E-state index in [1.807, 2.05) is 19.1 Å². The number of allylic oxidation sites excluding steroid dienone is 3. The van der Waals surface area contributed by atoms with Crippen molar-refractivity contribution in [1.82, 2.24) is 0 Å². The number of aryl methyl sites for hydroxylation is 1. The Hall–Kier alpha value is -4.01. The molecule has 9 heteroatoms. The van der Waals surface area contributed by atoms with E-state index in [0.29, 0.717) is 47.1 Å². The van der Waals surface area contributed by atoms with Crippen LogP contribution in [0.3, 0.4) is 0 Å². The summed E-state index contributed by atoms with van der Waals surface area (Å²) in [4.78, 5) is 16.0. The lowest BCUT2D eigenvalue weighted by molar-refractivity contribution is -0.111. The van der Waals surface area contributed by atoms with Crippen LogP contribution in [0.5, 0.6) is 5.75 Å². The summed E-state index contributed by atoms with van der Waals surface area (Å²) in [6.07, 6.45) is -1.64. The largest absolute Gasteiger partial charge is 0.495 e. The number of hydrogen-bond acceptors (Lipinski definition) is 5. The normalized spacial score (nSPS) is 15.7. The molecule has 0 spiro atoms. The number of nitrogens with zero attached hydrogens (tertiary/aromatic N) is 1. The lowest BCUT2D eigenvalue weighted by atomic mass is 10.0. The third-order valence-electron chi connectivity index (χ3n) is 5.17. The highest BCUT2D eigenvalue weighted by Gasteiger charge is 2.36. The van der Waals surface area contributed by atoms with Crippen molar-refractivity contribution in [3.63, 3.8) is 0 Å². The Morgan fingerprint density at radius 3 is 2.51 bits per heavy atom. The predicted molar refractivity (Wildman–Crippen MR) is 134 cm³/mol. The first kappa shape index (κ1) is 25.6. The molecule has 184 valence electrons. The van der Waals surface area contributed by atoms with Gasteiger partial charge in [0.2, 0.25) is 5.91 Å². The summed E-state index contributed by atoms with van der Waals surface area (Å²) in [6, 6.07) is 11.8. The van der Waals surface area contributed by atoms with Crippen LogP contribution in [0, 0.1) is 6.92 Å². The number of carbonyl (C=O) groups is 1. The molecule has 0 radical (unpaired) electrons. The number of amidine groups is 1. The van der Waals surface area contributed by atoms with E-state index < -0.39 is 17.7 Å². The zero-order valence-electron chi connectivity index (χ0n) is 19.7. The van der Waals surface area contributed by atoms with Crippen molar-refractivity contribution >= 4 is 28.8 Å². The van der Waals surface area contributed by atoms with Gasteiger partial charge in [-0.15, -0.1) is 0 Å². The van der Waals surface area contributed by atoms with Gasteiger partial charge in [0.05, 0.1) is 18.4 Å². The minimum atomic E-state index is -4.65. The molecule has 3 N–H and O–H groups in total. The van der Waals surface area contributed by atoms with Crippen LogP contribution in [0.1, 0.15) is 25.3 Å². The van der Waals surface area contributed by atoms with E-state index in [1.165, 1.54) is 13.2 Å². The SMILES string of the molecule is C=CC(=O)Nc1cccc(NC2=C(C(F)(F)F)/C=C(/C)CCC(Nc3ccc(C)cc3OC)=N2)c1. The maximum atomic E-state index is 14.1. The van der Waals surface area contributed by atoms with Crippen molar-refractivity contribution in [1.29, 1.82) is 0 Å². The standard InChI is InChI=1S/C26H27F3N4O2/c1-5-24(34)30-18-7-6-8-19(15-18)31-25-20(26(27,28)29)13-16(2)10-12-23(33-25)32-21-11-9-17(3)14-22(21)35-4/h5-9,11,13-15,31H,1,10,12H2,2-4H3,(H,30,34)(H,32,33)/b16-13-,25-20?. The fourth-order valence-electron chi connectivity index (χ4n) is 3.42. The van der Waals surface area contributed by atoms with E-state index in [9.17, 15) is 18.0 Å². The van der Waals surface area contributed by atoms with E-state index in [1.54, 1.807) is 31.2 Å². The Kier molecular flexibility index (Phi) is 8.01. The molecule has 0 atom stereocenters. The first-order valence-corrected chi connectivity index (χ1v) is 10.9. The quantitative estimate of drug-likeness (QED) is 0.406. The van der Waals surface area contributed by atoms with Gasteiger partial charge in [0, 0.05) is 17.8 Å². The number of anilines is 3. The van der Waals surface area contributed by atoms with Crippen molar-refractivity contribution in [2.45, 2.75) is 32.9 Å². The smallest absolute Gasteiger partial charge is 0.419 e. The van der Waals surface area contributed by atoms with Crippen LogP contribution in [0.15, 0.2) is 83.2 Å². The van der Waals surface area contributed by atoms with Gasteiger partial charge in [0.25, 0.3) is 0 Å². The molecule has 1 aliphatic rings. The Labute approximate surface area is 202 Å². The third-order valence-corrected chi connectivity index (χ3v) is 5.17. The lowest BCUT2D eigenvalue weighted by Gasteiger charge is -2.20. The van der Waals surface area contributed by atoms with Crippen LogP contribution < -0.4 is 20.7 Å². The maximum absolute atomic E-state index is 14.1. The second-order valence-corrected chi connectivity index (χ2v) is 8.04. The Morgan fingerprint density at radius 1 is 1.09 bits per heavy atom. The Balaban J connectivity index is 2.05. The van der Waals surface area contributed by atoms with Gasteiger partial charge in [-0.25, -0.2) is 4.99 Å². The molecular weight excluding hydrogens is 457 g/mol. The number of rotatable bonds is 6. The summed E-state index contributed by atoms with van der Waals surface area (Å²) < 4.78 is 47.6. The molecule has 6 nitrogen and oxygen atoms in total. The van der Waals surface area contributed by atoms with Gasteiger partial charge in [0.15, 0.2) is 0 Å². The second kappa shape index (κ2) is 10.9. The molecule has 3 rings (SSSR count). The summed E-state index contributed by atoms with van der Waals surface area (Å²) in [7, 11) is 1.53. The molecule has 0 aliphatic carbocycles. The molecule has 1 aliphatic heterocycles. The molecule has 2 aromatic carbocycles. The van der Waals surface area contributed by atoms with Gasteiger partial charge >= 0.3 is 6.18 Å². The van der Waals surface area contributed by atoms with Gasteiger partial charge in [0.1, 0.15) is 17.4 Å². The molecule has 35 heavy (non-hydrogen) atoms. The highest BCUT2D eigenvalue weighted by atomic mass is 19.4. The number of nitrogens with one attached hydrogen (secondary N) is 3. The minimum Gasteiger partial charge on any atom is -0.495 e. The van der Waals surface area contributed by atoms with Crippen molar-refractivity contribution in [3.8, 4) is 5.75 Å². The molecule has 0 unspecified atom stereocenters. The van der Waals surface area contributed by atoms with Gasteiger partial charge < -0.3 is 20.7 Å². The van der Waals surface area contributed by atoms with Crippen LogP contribution in [-0.4, -0.2) is 25.0 Å². The van der Waals surface area contributed by atoms with Crippen LogP contribution in [0.4, 0.5) is 30.2 Å². The van der Waals surface area contributed by atoms with Gasteiger partial charge in [-0.2, -0.15) is 13.2 Å². The molecule has 2 aromatic rings. The number of hydrogen-bond donors (Lipinski definition) is 3. The zero-order valence-corrected chi connectivity index (χ0v) is 19.7. The monoisotopic (exact) mass is 484 g/mol. The van der Waals surface area contributed by atoms with Crippen LogP contribution in [0.25, 0.3) is 0 Å². The molecule has 1 heterocycles. The molecule has 1 amide bonds. The van der Waals surface area contributed by atoms with E-state index in [-0.39, 0.29) is 5.82 Å². The predicted octanol–water partition coefficient (Wildman–Crippen LogP) is 6.56. The first-order chi connectivity index (χ1) is 16.6. The molecule has 0 bridgehead atoms. The second-order valence-electron chi connectivity index (χ2n) is 8.04. The third kappa shape index (κ3) is 6.99. The number of aliphatic imine (C=N–C) groups is 1. The summed E-state index contributed by atoms with van der Waals surface area (Å²) in [5, 5.41) is 8.52. The zero-order chi connectivity index (χ0) is 25.6. The number of carbonyl (C=O) groups excluding carboxylic acids is 1. The average molecular weight is 485 g/mol. The number of ether oxygens (including phenoxy) is 1. The van der Waals surface area contributed by atoms with Crippen molar-refractivity contribution in [2.24, 2.45) is 4.99 Å². The maximum Gasteiger partial charge on any atom is 0.419 e. The van der Waals surface area contributed by atoms with Crippen molar-refractivity contribution < 1.29 is 22.7 Å². The fraction of sp³-hybridized carbons (Fsp3) is 0.231. The summed E-state index contributed by atoms with van der Waals surface area (Å²) in [5.74, 6) is 0.109. The number of halogens is 3. The summed E-state index contributed by atoms with van der Waals surface area (Å²) in [6.45, 7) is 6.97. The van der Waals surface area contributed by atoms with Crippen LogP contribution in [0.2, 0.25) is 0 Å². The van der Waals surface area contributed by atoms with Crippen molar-refractivity contribution in [2.75, 3.05) is 23.1 Å². The van der Waals surface area contributed by atoms with Gasteiger partial charge in [-0.3, -0.25) is 4.79 Å². The highest BCUT2D eigenvalue weighted by Crippen LogP contribution is 2.34. The minimum absolute atomic E-state index is 0.325. The van der Waals surface area contributed by atoms with Crippen LogP contribution >= 0.6 is 0 Å². The highest BCUT2D eigenvalue weighted by molar-refractivity contribution is 5.99. The Bertz CT molecular complexity index is 1210. The van der Waals surface area contributed by atoms with E-state index in [2.05, 4.69) is 27.5 Å². The van der Waals surface area contributed by atoms with E-state index in [0.717, 1.165) is 17.7 Å². The first-order valence-electron chi connectivity index (χ1n) is 10.9. The lowest BCUT2D eigenvalue weighted by Crippen LogP contribution is -2.21. The molecule has 0 aromatic heterocycles. The summed E-state index contributed by atoms with van der Waals surface area (Å²) in [5.41, 5.74) is 1.97. The molecule has 0 saturated heterocycles. The topological polar surface area (TPSA) is 74.8 Å². The average Bonchev–Trinajstić information content (AvgIpc) is 2.80. The van der Waals surface area contributed by atoms with E-state index >= 15 is 0 Å². The fourth-order valence-corrected chi connectivity index (χ4v) is 3.42. The number of methoxy groups -OCH3 is 1. The van der Waals surface area contributed by atoms with E-state index in [4.69, 9.17) is 4.74 Å². The number of benzene rings is 2. The molecule has 0 fully saturated rings. The molecule has 0 saturated carbocycles. The molecular formula is C26H27F3N4O2.